The van der Waals surface area contributed by atoms with E-state index in [1.165, 1.54) is 218 Å². The molecule has 0 aromatic rings. The molecule has 0 radical (unpaired) electrons. The summed E-state index contributed by atoms with van der Waals surface area (Å²) in [5, 5.41) is 5.05. The third-order valence-corrected chi connectivity index (χ3v) is 11.8. The zero-order valence-corrected chi connectivity index (χ0v) is 35.7. The van der Waals surface area contributed by atoms with E-state index in [2.05, 4.69) is 65.7 Å². The molecule has 49 heavy (non-hydrogen) atoms. The first-order chi connectivity index (χ1) is 23.8. The van der Waals surface area contributed by atoms with Crippen LogP contribution in [0.3, 0.4) is 0 Å². The van der Waals surface area contributed by atoms with Crippen LogP contribution in [0.4, 0.5) is 0 Å². The molecule has 0 spiro atoms. The summed E-state index contributed by atoms with van der Waals surface area (Å²) >= 11 is 0. The van der Waals surface area contributed by atoms with E-state index in [0.717, 1.165) is 11.8 Å². The van der Waals surface area contributed by atoms with E-state index in [9.17, 15) is 0 Å². The van der Waals surface area contributed by atoms with Crippen molar-refractivity contribution in [2.45, 2.75) is 259 Å². The van der Waals surface area contributed by atoms with Crippen molar-refractivity contribution in [3.05, 3.63) is 12.3 Å². The maximum atomic E-state index is 4.78. The highest BCUT2D eigenvalue weighted by molar-refractivity contribution is 5.01. The second kappa shape index (κ2) is 35.9. The van der Waals surface area contributed by atoms with Gasteiger partial charge in [0.1, 0.15) is 0 Å². The lowest BCUT2D eigenvalue weighted by atomic mass is 9.93. The third kappa shape index (κ3) is 28.7. The number of allylic oxidation sites excluding steroid dienone is 1. The van der Waals surface area contributed by atoms with E-state index >= 15 is 0 Å². The average Bonchev–Trinajstić information content (AvgIpc) is 3.08. The van der Waals surface area contributed by atoms with Crippen LogP contribution < -0.4 is 0 Å². The van der Waals surface area contributed by atoms with Gasteiger partial charge < -0.3 is 5.01 Å². The van der Waals surface area contributed by atoms with Crippen LogP contribution >= 0.6 is 0 Å². The first-order valence-corrected chi connectivity index (χ1v) is 23.0. The molecule has 2 nitrogen and oxygen atoms in total. The van der Waals surface area contributed by atoms with Gasteiger partial charge in [-0.1, -0.05) is 234 Å². The summed E-state index contributed by atoms with van der Waals surface area (Å²) in [6.45, 7) is 19.1. The molecule has 0 aromatic carbocycles. The zero-order chi connectivity index (χ0) is 36.4. The predicted molar refractivity (Wildman–Crippen MR) is 225 cm³/mol. The van der Waals surface area contributed by atoms with Crippen molar-refractivity contribution in [3.8, 4) is 0 Å². The van der Waals surface area contributed by atoms with E-state index in [-0.39, 0.29) is 0 Å². The van der Waals surface area contributed by atoms with Crippen molar-refractivity contribution < 1.29 is 0 Å². The monoisotopic (exact) mass is 689 g/mol. The number of hydrogen-bond donors (Lipinski definition) is 0. The van der Waals surface area contributed by atoms with Crippen LogP contribution in [-0.4, -0.2) is 30.2 Å². The molecule has 4 unspecified atom stereocenters. The average molecular weight is 689 g/mol. The minimum absolute atomic E-state index is 0.611. The number of hydrogen-bond acceptors (Lipinski definition) is 2. The van der Waals surface area contributed by atoms with Gasteiger partial charge in [-0.3, -0.25) is 0 Å². The Balaban J connectivity index is 4.64. The molecule has 0 heterocycles. The van der Waals surface area contributed by atoms with Gasteiger partial charge in [0.25, 0.3) is 0 Å². The summed E-state index contributed by atoms with van der Waals surface area (Å²) in [6.07, 6.45) is 46.3. The van der Waals surface area contributed by atoms with Gasteiger partial charge in [0.2, 0.25) is 0 Å². The molecule has 0 fully saturated rings. The van der Waals surface area contributed by atoms with Gasteiger partial charge in [0, 0.05) is 25.8 Å². The van der Waals surface area contributed by atoms with Gasteiger partial charge in [-0.2, -0.15) is 0 Å². The normalized spacial score (nSPS) is 14.3. The standard InChI is InChI=1S/C47H96N2/c1-10-14-17-24-31-37-44(6)39-33-26-22-23-28-35-42-47(49(48(8)9)45(7)46(13-4)40-30-16-12-3)41-34-27-21-19-18-20-25-32-38-43(5)36-29-15-11-2/h43-44,46-47H,7,10-42H2,1-6,8-9H3. The molecule has 0 aliphatic rings. The second-order valence-corrected chi connectivity index (χ2v) is 17.0. The molecule has 0 saturated carbocycles. The Hall–Kier alpha value is -0.500. The van der Waals surface area contributed by atoms with Crippen LogP contribution in [-0.2, 0) is 0 Å². The van der Waals surface area contributed by atoms with E-state index in [1.807, 2.05) is 0 Å². The fraction of sp³-hybridized carbons (Fsp3) is 0.957. The topological polar surface area (TPSA) is 6.48 Å². The van der Waals surface area contributed by atoms with Crippen molar-refractivity contribution in [2.24, 2.45) is 17.8 Å². The van der Waals surface area contributed by atoms with Gasteiger partial charge in [-0.05, 0) is 43.4 Å². The summed E-state index contributed by atoms with van der Waals surface area (Å²) in [4.78, 5) is 0. The van der Waals surface area contributed by atoms with Crippen LogP contribution in [0, 0.1) is 17.8 Å². The highest BCUT2D eigenvalue weighted by atomic mass is 15.6. The summed E-state index contributed by atoms with van der Waals surface area (Å²) < 4.78 is 0. The Labute approximate surface area is 312 Å². The zero-order valence-electron chi connectivity index (χ0n) is 35.7. The molecule has 4 atom stereocenters. The van der Waals surface area contributed by atoms with Gasteiger partial charge in [-0.15, -0.1) is 0 Å². The lowest BCUT2D eigenvalue weighted by Crippen LogP contribution is -2.45. The fourth-order valence-corrected chi connectivity index (χ4v) is 8.28. The molecule has 0 aliphatic heterocycles. The Morgan fingerprint density at radius 3 is 1.04 bits per heavy atom. The fourth-order valence-electron chi connectivity index (χ4n) is 8.28. The smallest absolute Gasteiger partial charge is 0.0453 e. The molecule has 0 N–H and O–H groups in total. The Bertz CT molecular complexity index is 671. The minimum Gasteiger partial charge on any atom is -0.308 e. The molecular weight excluding hydrogens is 593 g/mol. The number of unbranched alkanes of at least 4 members (excludes halogenated alkanes) is 20. The lowest BCUT2D eigenvalue weighted by molar-refractivity contribution is -0.00208. The maximum absolute atomic E-state index is 4.78. The van der Waals surface area contributed by atoms with Gasteiger partial charge in [0.05, 0.1) is 0 Å². The SMILES string of the molecule is C=C(C(CC)CCCCC)N(C(CCCCCCCCCCC(C)CCCCC)CCCCCCCCC(C)CCCCCCC)N(C)C. The van der Waals surface area contributed by atoms with Crippen molar-refractivity contribution in [3.63, 3.8) is 0 Å². The first kappa shape index (κ1) is 48.5. The molecule has 0 rings (SSSR count). The maximum Gasteiger partial charge on any atom is 0.0453 e. The number of rotatable bonds is 39. The van der Waals surface area contributed by atoms with Crippen molar-refractivity contribution >= 4 is 0 Å². The van der Waals surface area contributed by atoms with Gasteiger partial charge in [-0.25, -0.2) is 5.01 Å². The third-order valence-electron chi connectivity index (χ3n) is 11.8. The molecule has 0 aliphatic carbocycles. The number of nitrogens with zero attached hydrogens (tertiary/aromatic N) is 2. The van der Waals surface area contributed by atoms with Crippen LogP contribution in [0.5, 0.6) is 0 Å². The number of hydrazine groups is 1. The van der Waals surface area contributed by atoms with E-state index in [0.29, 0.717) is 12.0 Å². The Kier molecular flexibility index (Phi) is 35.5. The van der Waals surface area contributed by atoms with Crippen LogP contribution in [0.2, 0.25) is 0 Å². The molecule has 0 bridgehead atoms. The van der Waals surface area contributed by atoms with Gasteiger partial charge in [0.15, 0.2) is 0 Å². The van der Waals surface area contributed by atoms with Crippen LogP contribution in [0.1, 0.15) is 253 Å². The summed E-state index contributed by atoms with van der Waals surface area (Å²) in [5.74, 6) is 2.49. The summed E-state index contributed by atoms with van der Waals surface area (Å²) in [7, 11) is 4.55. The van der Waals surface area contributed by atoms with E-state index in [1.54, 1.807) is 0 Å². The highest BCUT2D eigenvalue weighted by Gasteiger charge is 2.25. The molecule has 0 amide bonds. The Morgan fingerprint density at radius 1 is 0.408 bits per heavy atom. The van der Waals surface area contributed by atoms with E-state index < -0.39 is 0 Å². The lowest BCUT2D eigenvalue weighted by Gasteiger charge is -2.42. The van der Waals surface area contributed by atoms with Crippen LogP contribution in [0.15, 0.2) is 12.3 Å². The highest BCUT2D eigenvalue weighted by Crippen LogP contribution is 2.30. The van der Waals surface area contributed by atoms with E-state index in [4.69, 9.17) is 6.58 Å². The molecule has 0 aromatic heterocycles. The summed E-state index contributed by atoms with van der Waals surface area (Å²) in [5.41, 5.74) is 1.40. The largest absolute Gasteiger partial charge is 0.308 e. The summed E-state index contributed by atoms with van der Waals surface area (Å²) in [6, 6.07) is 0.611. The predicted octanol–water partition coefficient (Wildman–Crippen LogP) is 16.5. The molecule has 2 heteroatoms. The molecular formula is C47H96N2. The van der Waals surface area contributed by atoms with Crippen LogP contribution in [0.25, 0.3) is 0 Å². The Morgan fingerprint density at radius 2 is 0.694 bits per heavy atom. The van der Waals surface area contributed by atoms with Crippen molar-refractivity contribution in [1.82, 2.24) is 10.0 Å². The minimum atomic E-state index is 0.611. The quantitative estimate of drug-likeness (QED) is 0.0468. The molecule has 0 saturated heterocycles. The molecule has 294 valence electrons. The van der Waals surface area contributed by atoms with Crippen molar-refractivity contribution in [2.75, 3.05) is 14.1 Å². The van der Waals surface area contributed by atoms with Gasteiger partial charge >= 0.3 is 0 Å². The second-order valence-electron chi connectivity index (χ2n) is 17.0. The van der Waals surface area contributed by atoms with Crippen molar-refractivity contribution in [1.29, 1.82) is 0 Å². The first-order valence-electron chi connectivity index (χ1n) is 23.0.